The predicted molar refractivity (Wildman–Crippen MR) is 53.5 cm³/mol. The first-order valence-electron chi connectivity index (χ1n) is 3.82. The van der Waals surface area contributed by atoms with Gasteiger partial charge in [-0.25, -0.2) is 9.82 Å². The van der Waals surface area contributed by atoms with Crippen LogP contribution in [0.5, 0.6) is 0 Å². The van der Waals surface area contributed by atoms with Gasteiger partial charge in [-0.2, -0.15) is 0 Å². The van der Waals surface area contributed by atoms with Gasteiger partial charge in [-0.3, -0.25) is 0 Å². The quantitative estimate of drug-likeness (QED) is 0.750. The van der Waals surface area contributed by atoms with Crippen molar-refractivity contribution in [2.24, 2.45) is 0 Å². The Balaban J connectivity index is 2.77. The molecule has 1 heterocycles. The summed E-state index contributed by atoms with van der Waals surface area (Å²) in [4.78, 5) is 8.09. The maximum atomic E-state index is 5.39. The molecule has 1 aromatic heterocycles. The lowest BCUT2D eigenvalue weighted by atomic mass is 9.98. The molecule has 68 valence electrons. The average Bonchev–Trinajstić information content (AvgIpc) is 2.35. The maximum absolute atomic E-state index is 5.39. The first kappa shape index (κ1) is 9.96. The zero-order chi connectivity index (χ0) is 9.19. The molecule has 0 aliphatic heterocycles. The standard InChI is InChI=1S/C8H13ClN2S/c1-8(2,3)7-10-4-6(12-7)5-11-9/h4,11H,5H2,1-3H3. The maximum Gasteiger partial charge on any atom is 0.0981 e. The van der Waals surface area contributed by atoms with Crippen LogP contribution in [0, 0.1) is 0 Å². The number of nitrogens with one attached hydrogen (secondary N) is 1. The molecule has 0 fully saturated rings. The SMILES string of the molecule is CC(C)(C)c1ncc(CNCl)s1. The van der Waals surface area contributed by atoms with Crippen molar-refractivity contribution in [3.63, 3.8) is 0 Å². The van der Waals surface area contributed by atoms with Crippen LogP contribution < -0.4 is 4.84 Å². The van der Waals surface area contributed by atoms with E-state index in [4.69, 9.17) is 11.8 Å². The first-order chi connectivity index (χ1) is 5.54. The summed E-state index contributed by atoms with van der Waals surface area (Å²) in [5.74, 6) is 0. The fourth-order valence-electron chi connectivity index (χ4n) is 0.802. The Morgan fingerprint density at radius 2 is 2.25 bits per heavy atom. The molecule has 0 bridgehead atoms. The van der Waals surface area contributed by atoms with Crippen LogP contribution in [0.25, 0.3) is 0 Å². The van der Waals surface area contributed by atoms with Crippen LogP contribution in [-0.4, -0.2) is 4.98 Å². The average molecular weight is 205 g/mol. The van der Waals surface area contributed by atoms with E-state index in [1.807, 2.05) is 6.20 Å². The summed E-state index contributed by atoms with van der Waals surface area (Å²) < 4.78 is 0. The summed E-state index contributed by atoms with van der Waals surface area (Å²) in [6.07, 6.45) is 1.88. The van der Waals surface area contributed by atoms with Crippen LogP contribution in [0.1, 0.15) is 30.7 Å². The van der Waals surface area contributed by atoms with Crippen LogP contribution in [0.2, 0.25) is 0 Å². The number of hydrogen-bond donors (Lipinski definition) is 1. The third kappa shape index (κ3) is 2.44. The fourth-order valence-corrected chi connectivity index (χ4v) is 1.93. The topological polar surface area (TPSA) is 24.9 Å². The molecule has 0 radical (unpaired) electrons. The molecular weight excluding hydrogens is 192 g/mol. The number of hydrogen-bond acceptors (Lipinski definition) is 3. The number of halogens is 1. The largest absolute Gasteiger partial charge is 0.249 e. The van der Waals surface area contributed by atoms with Crippen molar-refractivity contribution in [3.05, 3.63) is 16.1 Å². The van der Waals surface area contributed by atoms with Crippen molar-refractivity contribution < 1.29 is 0 Å². The number of aromatic nitrogens is 1. The summed E-state index contributed by atoms with van der Waals surface area (Å²) in [5, 5.41) is 1.16. The van der Waals surface area contributed by atoms with Gasteiger partial charge < -0.3 is 0 Å². The zero-order valence-electron chi connectivity index (χ0n) is 7.52. The molecule has 0 aromatic carbocycles. The molecule has 0 atom stereocenters. The Kier molecular flexibility index (Phi) is 3.09. The number of nitrogens with zero attached hydrogens (tertiary/aromatic N) is 1. The molecule has 2 nitrogen and oxygen atoms in total. The van der Waals surface area contributed by atoms with Crippen molar-refractivity contribution >= 4 is 23.1 Å². The van der Waals surface area contributed by atoms with Crippen LogP contribution in [0.4, 0.5) is 0 Å². The summed E-state index contributed by atoms with van der Waals surface area (Å²) in [7, 11) is 0. The van der Waals surface area contributed by atoms with E-state index in [1.54, 1.807) is 11.3 Å². The van der Waals surface area contributed by atoms with Crippen molar-refractivity contribution in [3.8, 4) is 0 Å². The summed E-state index contributed by atoms with van der Waals surface area (Å²) >= 11 is 7.09. The van der Waals surface area contributed by atoms with E-state index in [1.165, 1.54) is 4.88 Å². The van der Waals surface area contributed by atoms with Crippen LogP contribution in [-0.2, 0) is 12.0 Å². The molecule has 4 heteroatoms. The zero-order valence-corrected chi connectivity index (χ0v) is 9.09. The number of thiazole rings is 1. The van der Waals surface area contributed by atoms with Crippen molar-refractivity contribution in [2.45, 2.75) is 32.7 Å². The van der Waals surface area contributed by atoms with E-state index < -0.39 is 0 Å². The van der Waals surface area contributed by atoms with Gasteiger partial charge in [-0.15, -0.1) is 11.3 Å². The summed E-state index contributed by atoms with van der Waals surface area (Å²) in [6, 6.07) is 0. The molecule has 0 aliphatic rings. The van der Waals surface area contributed by atoms with Crippen LogP contribution >= 0.6 is 23.1 Å². The molecule has 0 unspecified atom stereocenters. The second-order valence-electron chi connectivity index (χ2n) is 3.69. The van der Waals surface area contributed by atoms with Crippen molar-refractivity contribution in [2.75, 3.05) is 0 Å². The molecule has 0 aliphatic carbocycles. The highest BCUT2D eigenvalue weighted by atomic mass is 35.5. The van der Waals surface area contributed by atoms with E-state index >= 15 is 0 Å². The van der Waals surface area contributed by atoms with Gasteiger partial charge in [-0.05, 0) is 11.8 Å². The number of rotatable bonds is 2. The monoisotopic (exact) mass is 204 g/mol. The van der Waals surface area contributed by atoms with Crippen molar-refractivity contribution in [1.82, 2.24) is 9.82 Å². The van der Waals surface area contributed by atoms with Crippen molar-refractivity contribution in [1.29, 1.82) is 0 Å². The molecule has 1 rings (SSSR count). The summed E-state index contributed by atoms with van der Waals surface area (Å²) in [5.41, 5.74) is 0.148. The molecule has 1 N–H and O–H groups in total. The minimum Gasteiger partial charge on any atom is -0.249 e. The van der Waals surface area contributed by atoms with E-state index in [0.717, 1.165) is 5.01 Å². The Hall–Kier alpha value is -0.120. The fraction of sp³-hybridized carbons (Fsp3) is 0.625. The van der Waals surface area contributed by atoms with Gasteiger partial charge in [0.2, 0.25) is 0 Å². The van der Waals surface area contributed by atoms with Crippen LogP contribution in [0.15, 0.2) is 6.20 Å². The van der Waals surface area contributed by atoms with E-state index in [2.05, 4.69) is 30.6 Å². The van der Waals surface area contributed by atoms with Gasteiger partial charge in [0.1, 0.15) is 0 Å². The highest BCUT2D eigenvalue weighted by Gasteiger charge is 2.17. The van der Waals surface area contributed by atoms with Gasteiger partial charge >= 0.3 is 0 Å². The lowest BCUT2D eigenvalue weighted by molar-refractivity contribution is 0.585. The highest BCUT2D eigenvalue weighted by molar-refractivity contribution is 7.11. The second kappa shape index (κ2) is 3.73. The molecule has 0 saturated carbocycles. The molecule has 0 amide bonds. The Labute approximate surface area is 82.1 Å². The Bertz CT molecular complexity index is 252. The van der Waals surface area contributed by atoms with E-state index in [0.29, 0.717) is 6.54 Å². The molecule has 1 aromatic rings. The third-order valence-corrected chi connectivity index (χ3v) is 2.99. The smallest absolute Gasteiger partial charge is 0.0981 e. The minimum absolute atomic E-state index is 0.148. The van der Waals surface area contributed by atoms with E-state index in [-0.39, 0.29) is 5.41 Å². The second-order valence-corrected chi connectivity index (χ2v) is 5.07. The molecule has 12 heavy (non-hydrogen) atoms. The summed E-state index contributed by atoms with van der Waals surface area (Å²) in [6.45, 7) is 7.16. The Morgan fingerprint density at radius 3 is 2.67 bits per heavy atom. The first-order valence-corrected chi connectivity index (χ1v) is 5.02. The van der Waals surface area contributed by atoms with Gasteiger partial charge in [0, 0.05) is 23.0 Å². The van der Waals surface area contributed by atoms with Gasteiger partial charge in [-0.1, -0.05) is 20.8 Å². The molecule has 0 spiro atoms. The minimum atomic E-state index is 0.148. The molecule has 0 saturated heterocycles. The van der Waals surface area contributed by atoms with Gasteiger partial charge in [0.15, 0.2) is 0 Å². The van der Waals surface area contributed by atoms with Gasteiger partial charge in [0.05, 0.1) is 5.01 Å². The van der Waals surface area contributed by atoms with Gasteiger partial charge in [0.25, 0.3) is 0 Å². The lowest BCUT2D eigenvalue weighted by Crippen LogP contribution is -2.09. The predicted octanol–water partition coefficient (Wildman–Crippen LogP) is 2.68. The highest BCUT2D eigenvalue weighted by Crippen LogP contribution is 2.26. The molecular formula is C8H13ClN2S. The normalized spacial score (nSPS) is 12.0. The Morgan fingerprint density at radius 1 is 1.58 bits per heavy atom. The third-order valence-electron chi connectivity index (χ3n) is 1.44. The lowest BCUT2D eigenvalue weighted by Gasteiger charge is -2.13. The van der Waals surface area contributed by atoms with E-state index in [9.17, 15) is 0 Å². The van der Waals surface area contributed by atoms with Crippen LogP contribution in [0.3, 0.4) is 0 Å².